The van der Waals surface area contributed by atoms with Gasteiger partial charge in [-0.25, -0.2) is 14.8 Å². The van der Waals surface area contributed by atoms with Gasteiger partial charge in [0.2, 0.25) is 5.95 Å². The first kappa shape index (κ1) is 19.4. The van der Waals surface area contributed by atoms with E-state index in [1.165, 1.54) is 7.11 Å². The molecule has 0 saturated carbocycles. The summed E-state index contributed by atoms with van der Waals surface area (Å²) in [7, 11) is 1.35. The van der Waals surface area contributed by atoms with Crippen molar-refractivity contribution in [1.29, 1.82) is 0 Å². The highest BCUT2D eigenvalue weighted by atomic mass is 16.5. The van der Waals surface area contributed by atoms with Gasteiger partial charge in [0.15, 0.2) is 0 Å². The Kier molecular flexibility index (Phi) is 5.89. The molecule has 1 N–H and O–H groups in total. The van der Waals surface area contributed by atoms with E-state index in [0.29, 0.717) is 29.6 Å². The third-order valence-electron chi connectivity index (χ3n) is 4.11. The van der Waals surface area contributed by atoms with Gasteiger partial charge in [0.25, 0.3) is 0 Å². The van der Waals surface area contributed by atoms with E-state index in [1.54, 1.807) is 24.4 Å². The number of ether oxygens (including phenoxy) is 2. The molecule has 0 spiro atoms. The zero-order valence-corrected chi connectivity index (χ0v) is 16.4. The first-order valence-electron chi connectivity index (χ1n) is 9.04. The molecule has 3 rings (SSSR count). The van der Waals surface area contributed by atoms with Crippen LogP contribution in [0.25, 0.3) is 11.3 Å². The average molecular weight is 377 g/mol. The standard InChI is InChI=1S/C22H23N3O3/c1-5-28-20-7-6-16(13-18(20)21(26)27-4)19-8-9-23-22(25-19)24-17-11-14(2)10-15(3)12-17/h6-13H,5H2,1-4H3,(H,23,24,25). The van der Waals surface area contributed by atoms with Crippen molar-refractivity contribution >= 4 is 17.6 Å². The maximum atomic E-state index is 12.1. The molecule has 0 unspecified atom stereocenters. The summed E-state index contributed by atoms with van der Waals surface area (Å²) < 4.78 is 10.4. The Morgan fingerprint density at radius 2 is 1.82 bits per heavy atom. The molecular formula is C22H23N3O3. The van der Waals surface area contributed by atoms with E-state index in [9.17, 15) is 4.79 Å². The number of benzene rings is 2. The number of nitrogens with zero attached hydrogens (tertiary/aromatic N) is 2. The van der Waals surface area contributed by atoms with Crippen LogP contribution in [0.4, 0.5) is 11.6 Å². The number of aryl methyl sites for hydroxylation is 2. The summed E-state index contributed by atoms with van der Waals surface area (Å²) in [4.78, 5) is 21.0. The molecule has 2 aromatic carbocycles. The minimum Gasteiger partial charge on any atom is -0.493 e. The van der Waals surface area contributed by atoms with Crippen molar-refractivity contribution in [2.24, 2.45) is 0 Å². The van der Waals surface area contributed by atoms with E-state index >= 15 is 0 Å². The summed E-state index contributed by atoms with van der Waals surface area (Å²) in [5, 5.41) is 3.24. The number of aromatic nitrogens is 2. The number of hydrogen-bond donors (Lipinski definition) is 1. The van der Waals surface area contributed by atoms with Gasteiger partial charge < -0.3 is 14.8 Å². The first-order valence-corrected chi connectivity index (χ1v) is 9.04. The van der Waals surface area contributed by atoms with Gasteiger partial charge in [0, 0.05) is 17.4 Å². The molecule has 1 aromatic heterocycles. The van der Waals surface area contributed by atoms with Crippen LogP contribution in [0.2, 0.25) is 0 Å². The Bertz CT molecular complexity index is 982. The molecule has 6 nitrogen and oxygen atoms in total. The van der Waals surface area contributed by atoms with E-state index in [1.807, 2.05) is 39.0 Å². The lowest BCUT2D eigenvalue weighted by Crippen LogP contribution is -2.06. The van der Waals surface area contributed by atoms with Crippen LogP contribution >= 0.6 is 0 Å². The number of rotatable bonds is 6. The number of esters is 1. The summed E-state index contributed by atoms with van der Waals surface area (Å²) in [6, 6.07) is 13.3. The number of anilines is 2. The second-order valence-electron chi connectivity index (χ2n) is 6.40. The zero-order chi connectivity index (χ0) is 20.1. The van der Waals surface area contributed by atoms with Gasteiger partial charge in [0.1, 0.15) is 11.3 Å². The second kappa shape index (κ2) is 8.52. The van der Waals surface area contributed by atoms with Crippen molar-refractivity contribution in [1.82, 2.24) is 9.97 Å². The summed E-state index contributed by atoms with van der Waals surface area (Å²) in [6.07, 6.45) is 1.68. The first-order chi connectivity index (χ1) is 13.5. The van der Waals surface area contributed by atoms with Crippen LogP contribution in [-0.4, -0.2) is 29.7 Å². The van der Waals surface area contributed by atoms with Crippen LogP contribution < -0.4 is 10.1 Å². The summed E-state index contributed by atoms with van der Waals surface area (Å²) in [5.41, 5.74) is 5.08. The molecule has 0 amide bonds. The maximum absolute atomic E-state index is 12.1. The van der Waals surface area contributed by atoms with Crippen molar-refractivity contribution in [3.05, 3.63) is 65.4 Å². The zero-order valence-electron chi connectivity index (χ0n) is 16.4. The monoisotopic (exact) mass is 377 g/mol. The third-order valence-corrected chi connectivity index (χ3v) is 4.11. The van der Waals surface area contributed by atoms with Gasteiger partial charge >= 0.3 is 5.97 Å². The van der Waals surface area contributed by atoms with Crippen LogP contribution in [0, 0.1) is 13.8 Å². The smallest absolute Gasteiger partial charge is 0.341 e. The van der Waals surface area contributed by atoms with Gasteiger partial charge in [-0.1, -0.05) is 6.07 Å². The number of carbonyl (C=O) groups excluding carboxylic acids is 1. The Hall–Kier alpha value is -3.41. The Balaban J connectivity index is 1.94. The minimum atomic E-state index is -0.451. The second-order valence-corrected chi connectivity index (χ2v) is 6.40. The van der Waals surface area contributed by atoms with Crippen LogP contribution in [0.1, 0.15) is 28.4 Å². The molecule has 6 heteroatoms. The van der Waals surface area contributed by atoms with E-state index in [2.05, 4.69) is 21.4 Å². The number of hydrogen-bond acceptors (Lipinski definition) is 6. The summed E-state index contributed by atoms with van der Waals surface area (Å²) >= 11 is 0. The Morgan fingerprint density at radius 3 is 2.50 bits per heavy atom. The molecule has 1 heterocycles. The number of carbonyl (C=O) groups is 1. The van der Waals surface area contributed by atoms with Gasteiger partial charge in [-0.3, -0.25) is 0 Å². The molecule has 0 saturated heterocycles. The summed E-state index contributed by atoms with van der Waals surface area (Å²) in [5.74, 6) is 0.518. The molecule has 144 valence electrons. The van der Waals surface area contributed by atoms with E-state index in [-0.39, 0.29) is 0 Å². The van der Waals surface area contributed by atoms with E-state index in [0.717, 1.165) is 22.4 Å². The Labute approximate surface area is 164 Å². The van der Waals surface area contributed by atoms with Gasteiger partial charge in [-0.15, -0.1) is 0 Å². The molecule has 0 atom stereocenters. The van der Waals surface area contributed by atoms with Gasteiger partial charge in [-0.05, 0) is 68.3 Å². The minimum absolute atomic E-state index is 0.365. The van der Waals surface area contributed by atoms with Crippen molar-refractivity contribution in [3.8, 4) is 17.0 Å². The SMILES string of the molecule is CCOc1ccc(-c2ccnc(Nc3cc(C)cc(C)c3)n2)cc1C(=O)OC. The Morgan fingerprint density at radius 1 is 1.07 bits per heavy atom. The van der Waals surface area contributed by atoms with Gasteiger partial charge in [-0.2, -0.15) is 0 Å². The fourth-order valence-electron chi connectivity index (χ4n) is 3.00. The van der Waals surface area contributed by atoms with Crippen LogP contribution in [0.5, 0.6) is 5.75 Å². The van der Waals surface area contributed by atoms with Crippen molar-refractivity contribution < 1.29 is 14.3 Å². The lowest BCUT2D eigenvalue weighted by molar-refractivity contribution is 0.0596. The largest absolute Gasteiger partial charge is 0.493 e. The molecule has 0 bridgehead atoms. The lowest BCUT2D eigenvalue weighted by Gasteiger charge is -2.11. The van der Waals surface area contributed by atoms with Crippen molar-refractivity contribution in [2.45, 2.75) is 20.8 Å². The van der Waals surface area contributed by atoms with Gasteiger partial charge in [0.05, 0.1) is 19.4 Å². The van der Waals surface area contributed by atoms with Crippen LogP contribution in [-0.2, 0) is 4.74 Å². The van der Waals surface area contributed by atoms with Crippen molar-refractivity contribution in [3.63, 3.8) is 0 Å². The molecule has 0 radical (unpaired) electrons. The highest BCUT2D eigenvalue weighted by Gasteiger charge is 2.15. The van der Waals surface area contributed by atoms with Crippen LogP contribution in [0.3, 0.4) is 0 Å². The quantitative estimate of drug-likeness (QED) is 0.628. The predicted octanol–water partition coefficient (Wildman–Crippen LogP) is 4.69. The fraction of sp³-hybridized carbons (Fsp3) is 0.227. The molecular weight excluding hydrogens is 354 g/mol. The fourth-order valence-corrected chi connectivity index (χ4v) is 3.00. The van der Waals surface area contributed by atoms with Crippen molar-refractivity contribution in [2.75, 3.05) is 19.0 Å². The van der Waals surface area contributed by atoms with E-state index < -0.39 is 5.97 Å². The molecule has 0 fully saturated rings. The molecule has 28 heavy (non-hydrogen) atoms. The molecule has 0 aliphatic rings. The third kappa shape index (κ3) is 4.46. The number of methoxy groups -OCH3 is 1. The summed E-state index contributed by atoms with van der Waals surface area (Å²) in [6.45, 7) is 6.42. The lowest BCUT2D eigenvalue weighted by atomic mass is 10.1. The molecule has 3 aromatic rings. The highest BCUT2D eigenvalue weighted by Crippen LogP contribution is 2.27. The van der Waals surface area contributed by atoms with Crippen LogP contribution in [0.15, 0.2) is 48.7 Å². The molecule has 0 aliphatic carbocycles. The topological polar surface area (TPSA) is 73.3 Å². The maximum Gasteiger partial charge on any atom is 0.341 e. The molecule has 0 aliphatic heterocycles. The van der Waals surface area contributed by atoms with E-state index in [4.69, 9.17) is 9.47 Å². The number of nitrogens with one attached hydrogen (secondary N) is 1. The highest BCUT2D eigenvalue weighted by molar-refractivity contribution is 5.94. The average Bonchev–Trinajstić information content (AvgIpc) is 2.67. The predicted molar refractivity (Wildman–Crippen MR) is 109 cm³/mol. The normalized spacial score (nSPS) is 10.4.